The van der Waals surface area contributed by atoms with Gasteiger partial charge in [-0.05, 0) is 25.3 Å². The summed E-state index contributed by atoms with van der Waals surface area (Å²) < 4.78 is 29.3. The third kappa shape index (κ3) is 2.72. The minimum absolute atomic E-state index is 0.303. The van der Waals surface area contributed by atoms with Crippen molar-refractivity contribution in [1.82, 2.24) is 14.1 Å². The molecule has 2 aromatic carbocycles. The van der Waals surface area contributed by atoms with E-state index in [-0.39, 0.29) is 0 Å². The number of benzene rings is 2. The lowest BCUT2D eigenvalue weighted by Gasteiger charge is -2.19. The molecule has 1 heterocycles. The first-order valence-electron chi connectivity index (χ1n) is 7.75. The number of rotatable bonds is 4. The smallest absolute Gasteiger partial charge is 0.243 e. The van der Waals surface area contributed by atoms with Crippen molar-refractivity contribution in [2.45, 2.75) is 25.3 Å². The lowest BCUT2D eigenvalue weighted by atomic mass is 10.1. The maximum absolute atomic E-state index is 13.1. The molecular weight excluding hydrogens is 322 g/mol. The maximum Gasteiger partial charge on any atom is 0.243 e. The van der Waals surface area contributed by atoms with Gasteiger partial charge in [-0.3, -0.25) is 4.68 Å². The molecule has 0 N–H and O–H groups in total. The van der Waals surface area contributed by atoms with Crippen LogP contribution in [0, 0.1) is 13.8 Å². The van der Waals surface area contributed by atoms with E-state index in [1.165, 1.54) is 4.31 Å². The summed E-state index contributed by atoms with van der Waals surface area (Å²) >= 11 is 0. The van der Waals surface area contributed by atoms with Crippen LogP contribution in [0.4, 0.5) is 0 Å². The molecule has 0 fully saturated rings. The highest BCUT2D eigenvalue weighted by Gasteiger charge is 2.25. The molecule has 0 aliphatic heterocycles. The van der Waals surface area contributed by atoms with Crippen LogP contribution < -0.4 is 0 Å². The first-order valence-corrected chi connectivity index (χ1v) is 9.19. The van der Waals surface area contributed by atoms with Crippen LogP contribution in [0.15, 0.2) is 47.4 Å². The highest BCUT2D eigenvalue weighted by molar-refractivity contribution is 7.89. The molecule has 0 unspecified atom stereocenters. The van der Waals surface area contributed by atoms with E-state index in [0.717, 1.165) is 27.7 Å². The van der Waals surface area contributed by atoms with E-state index in [0.29, 0.717) is 11.4 Å². The van der Waals surface area contributed by atoms with Gasteiger partial charge in [0.2, 0.25) is 10.0 Å². The van der Waals surface area contributed by atoms with Gasteiger partial charge in [0.1, 0.15) is 0 Å². The van der Waals surface area contributed by atoms with E-state index in [2.05, 4.69) is 5.10 Å². The molecule has 6 heteroatoms. The standard InChI is InChI=1S/C18H21N3O2S/c1-13-17(14(2)21(4)19-13)12-20(3)24(22,23)18-11-7-9-15-8-5-6-10-16(15)18/h5-11H,12H2,1-4H3. The summed E-state index contributed by atoms with van der Waals surface area (Å²) in [6, 6.07) is 12.9. The third-order valence-corrected chi connectivity index (χ3v) is 6.34. The first kappa shape index (κ1) is 16.7. The summed E-state index contributed by atoms with van der Waals surface area (Å²) in [6.07, 6.45) is 0. The van der Waals surface area contributed by atoms with E-state index < -0.39 is 10.0 Å². The fourth-order valence-electron chi connectivity index (χ4n) is 2.94. The van der Waals surface area contributed by atoms with E-state index in [4.69, 9.17) is 0 Å². The Morgan fingerprint density at radius 3 is 2.42 bits per heavy atom. The Bertz CT molecular complexity index is 1000. The van der Waals surface area contributed by atoms with E-state index in [9.17, 15) is 8.42 Å². The zero-order valence-corrected chi connectivity index (χ0v) is 15.1. The average molecular weight is 343 g/mol. The number of aromatic nitrogens is 2. The minimum Gasteiger partial charge on any atom is -0.272 e. The largest absolute Gasteiger partial charge is 0.272 e. The molecule has 0 radical (unpaired) electrons. The van der Waals surface area contributed by atoms with Gasteiger partial charge in [-0.1, -0.05) is 36.4 Å². The molecule has 5 nitrogen and oxygen atoms in total. The molecule has 0 bridgehead atoms. The molecule has 3 rings (SSSR count). The number of hydrogen-bond acceptors (Lipinski definition) is 3. The van der Waals surface area contributed by atoms with Crippen LogP contribution in [0.3, 0.4) is 0 Å². The van der Waals surface area contributed by atoms with Crippen LogP contribution in [0.5, 0.6) is 0 Å². The normalized spacial score (nSPS) is 12.2. The Kier molecular flexibility index (Phi) is 4.19. The summed E-state index contributed by atoms with van der Waals surface area (Å²) in [5.41, 5.74) is 2.78. The fraction of sp³-hybridized carbons (Fsp3) is 0.278. The average Bonchev–Trinajstić information content (AvgIpc) is 2.80. The Balaban J connectivity index is 2.03. The fourth-order valence-corrected chi connectivity index (χ4v) is 4.29. The first-order chi connectivity index (χ1) is 11.3. The highest BCUT2D eigenvalue weighted by Crippen LogP contribution is 2.26. The molecule has 0 aliphatic rings. The molecule has 3 aromatic rings. The van der Waals surface area contributed by atoms with Crippen molar-refractivity contribution in [2.75, 3.05) is 7.05 Å². The molecule has 0 saturated heterocycles. The predicted octanol–water partition coefficient (Wildman–Crippen LogP) is 3.01. The quantitative estimate of drug-likeness (QED) is 0.732. The van der Waals surface area contributed by atoms with Gasteiger partial charge in [-0.25, -0.2) is 8.42 Å². The lowest BCUT2D eigenvalue weighted by Crippen LogP contribution is -2.27. The second-order valence-corrected chi connectivity index (χ2v) is 8.02. The Morgan fingerprint density at radius 2 is 1.75 bits per heavy atom. The summed E-state index contributed by atoms with van der Waals surface area (Å²) in [4.78, 5) is 0.335. The number of sulfonamides is 1. The second-order valence-electron chi connectivity index (χ2n) is 6.01. The van der Waals surface area contributed by atoms with Crippen LogP contribution in [0.25, 0.3) is 10.8 Å². The topological polar surface area (TPSA) is 55.2 Å². The van der Waals surface area contributed by atoms with Crippen molar-refractivity contribution in [3.8, 4) is 0 Å². The highest BCUT2D eigenvalue weighted by atomic mass is 32.2. The Hall–Kier alpha value is -2.18. The van der Waals surface area contributed by atoms with E-state index >= 15 is 0 Å². The van der Waals surface area contributed by atoms with Gasteiger partial charge in [-0.2, -0.15) is 9.40 Å². The predicted molar refractivity (Wildman–Crippen MR) is 95.3 cm³/mol. The summed E-state index contributed by atoms with van der Waals surface area (Å²) in [5.74, 6) is 0. The van der Waals surface area contributed by atoms with Gasteiger partial charge in [-0.15, -0.1) is 0 Å². The number of hydrogen-bond donors (Lipinski definition) is 0. The molecule has 0 aliphatic carbocycles. The molecule has 0 spiro atoms. The van der Waals surface area contributed by atoms with Crippen LogP contribution in [-0.4, -0.2) is 29.6 Å². The molecule has 0 atom stereocenters. The van der Waals surface area contributed by atoms with Gasteiger partial charge in [0.05, 0.1) is 10.6 Å². The SMILES string of the molecule is Cc1nn(C)c(C)c1CN(C)S(=O)(=O)c1cccc2ccccc12. The van der Waals surface area contributed by atoms with E-state index in [1.54, 1.807) is 23.9 Å². The van der Waals surface area contributed by atoms with Gasteiger partial charge in [0.15, 0.2) is 0 Å². The molecule has 0 saturated carbocycles. The van der Waals surface area contributed by atoms with Crippen LogP contribution >= 0.6 is 0 Å². The second kappa shape index (κ2) is 6.03. The summed E-state index contributed by atoms with van der Waals surface area (Å²) in [6.45, 7) is 4.16. The monoisotopic (exact) mass is 343 g/mol. The number of fused-ring (bicyclic) bond motifs is 1. The molecular formula is C18H21N3O2S. The van der Waals surface area contributed by atoms with Crippen molar-refractivity contribution < 1.29 is 8.42 Å². The molecule has 1 aromatic heterocycles. The Labute approximate surface area is 142 Å². The molecule has 0 amide bonds. The van der Waals surface area contributed by atoms with Gasteiger partial charge >= 0.3 is 0 Å². The van der Waals surface area contributed by atoms with Gasteiger partial charge in [0.25, 0.3) is 0 Å². The van der Waals surface area contributed by atoms with Crippen LogP contribution in [0.1, 0.15) is 17.0 Å². The summed E-state index contributed by atoms with van der Waals surface area (Å²) in [7, 11) is -0.112. The van der Waals surface area contributed by atoms with Gasteiger partial charge < -0.3 is 0 Å². The number of nitrogens with zero attached hydrogens (tertiary/aromatic N) is 3. The zero-order chi connectivity index (χ0) is 17.5. The maximum atomic E-state index is 13.1. The number of aryl methyl sites for hydroxylation is 2. The van der Waals surface area contributed by atoms with Crippen molar-refractivity contribution in [2.24, 2.45) is 7.05 Å². The van der Waals surface area contributed by atoms with Crippen LogP contribution in [-0.2, 0) is 23.6 Å². The van der Waals surface area contributed by atoms with Gasteiger partial charge in [0, 0.05) is 37.3 Å². The zero-order valence-electron chi connectivity index (χ0n) is 14.3. The lowest BCUT2D eigenvalue weighted by molar-refractivity contribution is 0.465. The minimum atomic E-state index is -3.59. The van der Waals surface area contributed by atoms with Crippen molar-refractivity contribution >= 4 is 20.8 Å². The Morgan fingerprint density at radius 1 is 1.08 bits per heavy atom. The van der Waals surface area contributed by atoms with E-state index in [1.807, 2.05) is 51.2 Å². The van der Waals surface area contributed by atoms with Crippen molar-refractivity contribution in [1.29, 1.82) is 0 Å². The molecule has 126 valence electrons. The van der Waals surface area contributed by atoms with Crippen molar-refractivity contribution in [3.63, 3.8) is 0 Å². The van der Waals surface area contributed by atoms with Crippen molar-refractivity contribution in [3.05, 3.63) is 59.4 Å². The summed E-state index contributed by atoms with van der Waals surface area (Å²) in [5, 5.41) is 6.02. The van der Waals surface area contributed by atoms with Crippen LogP contribution in [0.2, 0.25) is 0 Å². The third-order valence-electron chi connectivity index (χ3n) is 4.48. The molecule has 24 heavy (non-hydrogen) atoms.